The zero-order chi connectivity index (χ0) is 16.4. The molecule has 0 saturated carbocycles. The zero-order valence-corrected chi connectivity index (χ0v) is 13.3. The van der Waals surface area contributed by atoms with Crippen LogP contribution in [-0.4, -0.2) is 10.9 Å². The van der Waals surface area contributed by atoms with Crippen LogP contribution >= 0.6 is 11.3 Å². The van der Waals surface area contributed by atoms with E-state index in [4.69, 9.17) is 11.0 Å². The average molecular weight is 322 g/mol. The molecule has 0 atom stereocenters. The number of nitrogens with zero attached hydrogens (tertiary/aromatic N) is 2. The Labute approximate surface area is 137 Å². The zero-order valence-electron chi connectivity index (χ0n) is 12.5. The summed E-state index contributed by atoms with van der Waals surface area (Å²) in [4.78, 5) is 16.9. The molecule has 0 aliphatic carbocycles. The molecule has 0 unspecified atom stereocenters. The molecule has 0 aliphatic rings. The van der Waals surface area contributed by atoms with Gasteiger partial charge < -0.3 is 5.73 Å². The summed E-state index contributed by atoms with van der Waals surface area (Å²) < 4.78 is 1.03. The molecule has 0 saturated heterocycles. The van der Waals surface area contributed by atoms with Crippen LogP contribution in [0.2, 0.25) is 0 Å². The summed E-state index contributed by atoms with van der Waals surface area (Å²) in [6, 6.07) is 12.9. The number of aromatic nitrogens is 1. The maximum absolute atomic E-state index is 12.5. The first kappa shape index (κ1) is 15.2. The van der Waals surface area contributed by atoms with Crippen molar-refractivity contribution >= 4 is 32.6 Å². The van der Waals surface area contributed by atoms with Crippen LogP contribution in [0.4, 0.5) is 5.13 Å². The van der Waals surface area contributed by atoms with Gasteiger partial charge in [-0.3, -0.25) is 10.1 Å². The molecule has 3 rings (SSSR count). The Kier molecular flexibility index (Phi) is 4.06. The van der Waals surface area contributed by atoms with Gasteiger partial charge in [-0.1, -0.05) is 17.4 Å². The number of hydrogen-bond acceptors (Lipinski definition) is 5. The number of nitriles is 1. The average Bonchev–Trinajstić information content (AvgIpc) is 2.95. The van der Waals surface area contributed by atoms with Crippen molar-refractivity contribution in [3.63, 3.8) is 0 Å². The smallest absolute Gasteiger partial charge is 0.257 e. The van der Waals surface area contributed by atoms with E-state index in [2.05, 4.69) is 10.3 Å². The van der Waals surface area contributed by atoms with Gasteiger partial charge in [-0.25, -0.2) is 4.98 Å². The lowest BCUT2D eigenvalue weighted by Gasteiger charge is -2.07. The second kappa shape index (κ2) is 6.16. The first-order valence-electron chi connectivity index (χ1n) is 7.02. The Morgan fingerprint density at radius 3 is 2.91 bits per heavy atom. The van der Waals surface area contributed by atoms with Crippen LogP contribution < -0.4 is 11.1 Å². The van der Waals surface area contributed by atoms with E-state index >= 15 is 0 Å². The Hall–Kier alpha value is -2.75. The van der Waals surface area contributed by atoms with Crippen molar-refractivity contribution < 1.29 is 4.79 Å². The fourth-order valence-electron chi connectivity index (χ4n) is 2.30. The van der Waals surface area contributed by atoms with Gasteiger partial charge in [-0.2, -0.15) is 5.26 Å². The molecule has 0 spiro atoms. The quantitative estimate of drug-likeness (QED) is 0.774. The molecule has 5 nitrogen and oxygen atoms in total. The molecule has 3 N–H and O–H groups in total. The monoisotopic (exact) mass is 322 g/mol. The number of carbonyl (C=O) groups is 1. The van der Waals surface area contributed by atoms with Crippen LogP contribution in [0.15, 0.2) is 36.4 Å². The highest BCUT2D eigenvalue weighted by Gasteiger charge is 2.14. The molecule has 0 fully saturated rings. The van der Waals surface area contributed by atoms with Crippen molar-refractivity contribution in [1.82, 2.24) is 4.98 Å². The molecule has 2 aromatic carbocycles. The number of hydrogen-bond donors (Lipinski definition) is 2. The number of carbonyl (C=O) groups excluding carboxylic acids is 1. The van der Waals surface area contributed by atoms with Crippen LogP contribution in [0.5, 0.6) is 0 Å². The Bertz CT molecular complexity index is 939. The number of rotatable bonds is 3. The first-order valence-corrected chi connectivity index (χ1v) is 7.84. The predicted molar refractivity (Wildman–Crippen MR) is 91.4 cm³/mol. The van der Waals surface area contributed by atoms with E-state index < -0.39 is 0 Å². The van der Waals surface area contributed by atoms with Gasteiger partial charge in [0.2, 0.25) is 0 Å². The van der Waals surface area contributed by atoms with Crippen molar-refractivity contribution in [2.75, 3.05) is 5.32 Å². The van der Waals surface area contributed by atoms with Gasteiger partial charge in [0.1, 0.15) is 0 Å². The van der Waals surface area contributed by atoms with E-state index in [-0.39, 0.29) is 12.5 Å². The minimum absolute atomic E-state index is 0.192. The summed E-state index contributed by atoms with van der Waals surface area (Å²) in [7, 11) is 0. The first-order chi connectivity index (χ1) is 11.1. The summed E-state index contributed by atoms with van der Waals surface area (Å²) in [6.45, 7) is 2.21. The van der Waals surface area contributed by atoms with E-state index in [9.17, 15) is 4.79 Å². The van der Waals surface area contributed by atoms with Gasteiger partial charge in [0.05, 0.1) is 21.8 Å². The molecule has 1 heterocycles. The number of thiazole rings is 1. The van der Waals surface area contributed by atoms with Gasteiger partial charge in [0.25, 0.3) is 5.91 Å². The van der Waals surface area contributed by atoms with Crippen molar-refractivity contribution in [1.29, 1.82) is 5.26 Å². The highest BCUT2D eigenvalue weighted by Crippen LogP contribution is 2.27. The Balaban J connectivity index is 1.90. The molecule has 1 amide bonds. The third-order valence-corrected chi connectivity index (χ3v) is 4.40. The number of amides is 1. The number of nitrogens with two attached hydrogens (primary N) is 1. The lowest BCUT2D eigenvalue weighted by Crippen LogP contribution is -2.15. The number of fused-ring (bicyclic) bond motifs is 1. The van der Waals surface area contributed by atoms with Gasteiger partial charge in [0, 0.05) is 12.1 Å². The summed E-state index contributed by atoms with van der Waals surface area (Å²) >= 11 is 1.43. The van der Waals surface area contributed by atoms with Crippen molar-refractivity contribution in [3.05, 3.63) is 58.7 Å². The van der Waals surface area contributed by atoms with Crippen LogP contribution in [0.3, 0.4) is 0 Å². The fourth-order valence-corrected chi connectivity index (χ4v) is 3.26. The molecule has 6 heteroatoms. The number of nitrogens with one attached hydrogen (secondary N) is 1. The molecule has 0 bridgehead atoms. The lowest BCUT2D eigenvalue weighted by molar-refractivity contribution is 0.102. The van der Waals surface area contributed by atoms with Crippen LogP contribution in [-0.2, 0) is 6.54 Å². The molecule has 0 radical (unpaired) electrons. The summed E-state index contributed by atoms with van der Waals surface area (Å²) in [5.41, 5.74) is 9.27. The molecule has 0 aliphatic heterocycles. The summed E-state index contributed by atoms with van der Waals surface area (Å²) in [5, 5.41) is 12.3. The van der Waals surface area contributed by atoms with Gasteiger partial charge >= 0.3 is 0 Å². The standard InChI is InChI=1S/C17H14N4OS/c1-10-2-5-14-15(6-10)23-17(20-14)21-16(22)13-4-3-11(8-18)7-12(13)9-19/h2-7H,9,19H2,1H3,(H,20,21,22). The van der Waals surface area contributed by atoms with Crippen molar-refractivity contribution in [2.45, 2.75) is 13.5 Å². The SMILES string of the molecule is Cc1ccc2nc(NC(=O)c3ccc(C#N)cc3CN)sc2c1. The van der Waals surface area contributed by atoms with Gasteiger partial charge in [0.15, 0.2) is 5.13 Å². The Morgan fingerprint density at radius 2 is 2.17 bits per heavy atom. The maximum atomic E-state index is 12.5. The van der Waals surface area contributed by atoms with E-state index in [1.54, 1.807) is 18.2 Å². The number of benzene rings is 2. The minimum Gasteiger partial charge on any atom is -0.326 e. The molecule has 23 heavy (non-hydrogen) atoms. The molecular formula is C17H14N4OS. The van der Waals surface area contributed by atoms with E-state index in [1.165, 1.54) is 11.3 Å². The normalized spacial score (nSPS) is 10.5. The summed E-state index contributed by atoms with van der Waals surface area (Å²) in [5.74, 6) is -0.272. The van der Waals surface area contributed by atoms with Crippen LogP contribution in [0, 0.1) is 18.3 Å². The largest absolute Gasteiger partial charge is 0.326 e. The number of anilines is 1. The minimum atomic E-state index is -0.272. The van der Waals surface area contributed by atoms with Crippen LogP contribution in [0.25, 0.3) is 10.2 Å². The molecule has 1 aromatic heterocycles. The molecule has 3 aromatic rings. The maximum Gasteiger partial charge on any atom is 0.257 e. The van der Waals surface area contributed by atoms with E-state index in [1.807, 2.05) is 31.2 Å². The third-order valence-electron chi connectivity index (χ3n) is 3.46. The second-order valence-corrected chi connectivity index (χ2v) is 6.16. The lowest BCUT2D eigenvalue weighted by atomic mass is 10.0. The van der Waals surface area contributed by atoms with Gasteiger partial charge in [-0.05, 0) is 48.4 Å². The molecule has 114 valence electrons. The number of aryl methyl sites for hydroxylation is 1. The highest BCUT2D eigenvalue weighted by atomic mass is 32.1. The highest BCUT2D eigenvalue weighted by molar-refractivity contribution is 7.22. The summed E-state index contributed by atoms with van der Waals surface area (Å²) in [6.07, 6.45) is 0. The predicted octanol–water partition coefficient (Wildman–Crippen LogP) is 3.19. The van der Waals surface area contributed by atoms with Crippen molar-refractivity contribution in [2.24, 2.45) is 5.73 Å². The van der Waals surface area contributed by atoms with E-state index in [0.717, 1.165) is 15.8 Å². The van der Waals surface area contributed by atoms with Crippen LogP contribution in [0.1, 0.15) is 27.0 Å². The fraction of sp³-hybridized carbons (Fsp3) is 0.118. The van der Waals surface area contributed by atoms with Crippen molar-refractivity contribution in [3.8, 4) is 6.07 Å². The molecular weight excluding hydrogens is 308 g/mol. The third kappa shape index (κ3) is 3.06. The van der Waals surface area contributed by atoms with Gasteiger partial charge in [-0.15, -0.1) is 0 Å². The topological polar surface area (TPSA) is 91.8 Å². The Morgan fingerprint density at radius 1 is 1.35 bits per heavy atom. The van der Waals surface area contributed by atoms with E-state index in [0.29, 0.717) is 21.8 Å². The second-order valence-electron chi connectivity index (χ2n) is 5.13.